The molecule has 1 aromatic carbocycles. The zero-order valence-corrected chi connectivity index (χ0v) is 8.95. The van der Waals surface area contributed by atoms with Crippen molar-refractivity contribution >= 4 is 6.08 Å². The fraction of sp³-hybridized carbons (Fsp3) is 0.273. The lowest BCUT2D eigenvalue weighted by atomic mass is 10.3. The summed E-state index contributed by atoms with van der Waals surface area (Å²) in [4.78, 5) is 15.5. The van der Waals surface area contributed by atoms with E-state index in [0.717, 1.165) is 18.5 Å². The number of hydrogen-bond donors (Lipinski definition) is 0. The molecule has 1 heterocycles. The van der Waals surface area contributed by atoms with Crippen molar-refractivity contribution in [1.29, 1.82) is 0 Å². The maximum Gasteiger partial charge on any atom is 0.235 e. The minimum Gasteiger partial charge on any atom is -0.211 e. The van der Waals surface area contributed by atoms with Crippen molar-refractivity contribution in [3.05, 3.63) is 36.2 Å². The van der Waals surface area contributed by atoms with Gasteiger partial charge in [0.15, 0.2) is 0 Å². The van der Waals surface area contributed by atoms with Crippen molar-refractivity contribution in [2.24, 2.45) is 4.99 Å². The fourth-order valence-electron chi connectivity index (χ4n) is 1.66. The average molecular weight is 227 g/mol. The van der Waals surface area contributed by atoms with Crippen LogP contribution in [0.25, 0.3) is 5.69 Å². The van der Waals surface area contributed by atoms with Gasteiger partial charge in [-0.3, -0.25) is 0 Å². The summed E-state index contributed by atoms with van der Waals surface area (Å²) in [5.74, 6) is 0.490. The number of tetrazole rings is 1. The Hall–Kier alpha value is -2.33. The zero-order valence-electron chi connectivity index (χ0n) is 8.95. The molecule has 0 amide bonds. The van der Waals surface area contributed by atoms with Crippen LogP contribution in [-0.2, 0) is 10.3 Å². The van der Waals surface area contributed by atoms with Crippen LogP contribution in [0.2, 0.25) is 0 Å². The summed E-state index contributed by atoms with van der Waals surface area (Å²) in [6.45, 7) is 0. The Balaban J connectivity index is 1.97. The second-order valence-electron chi connectivity index (χ2n) is 3.97. The Labute approximate surface area is 97.0 Å². The summed E-state index contributed by atoms with van der Waals surface area (Å²) < 4.78 is 0. The molecule has 3 rings (SSSR count). The highest BCUT2D eigenvalue weighted by molar-refractivity contribution is 5.38. The van der Waals surface area contributed by atoms with Crippen LogP contribution in [0, 0.1) is 0 Å². The van der Waals surface area contributed by atoms with Gasteiger partial charge in [-0.15, -0.1) is 15.0 Å². The summed E-state index contributed by atoms with van der Waals surface area (Å²) in [5.41, 5.74) is 0.270. The summed E-state index contributed by atoms with van der Waals surface area (Å²) in [7, 11) is 0. The van der Waals surface area contributed by atoms with Gasteiger partial charge in [0.05, 0.1) is 5.69 Å². The fourth-order valence-corrected chi connectivity index (χ4v) is 1.66. The van der Waals surface area contributed by atoms with Crippen molar-refractivity contribution in [3.8, 4) is 5.69 Å². The third kappa shape index (κ3) is 1.64. The Morgan fingerprint density at radius 3 is 2.71 bits per heavy atom. The zero-order chi connectivity index (χ0) is 11.7. The van der Waals surface area contributed by atoms with Gasteiger partial charge in [-0.2, -0.15) is 4.99 Å². The Morgan fingerprint density at radius 2 is 2.06 bits per heavy atom. The molecule has 6 nitrogen and oxygen atoms in total. The van der Waals surface area contributed by atoms with Crippen LogP contribution in [0.1, 0.15) is 18.7 Å². The Bertz CT molecular complexity index is 581. The Morgan fingerprint density at radius 1 is 1.29 bits per heavy atom. The molecule has 1 aliphatic rings. The maximum atomic E-state index is 10.3. The molecule has 2 aromatic rings. The van der Waals surface area contributed by atoms with Crippen LogP contribution in [0.3, 0.4) is 0 Å². The van der Waals surface area contributed by atoms with Gasteiger partial charge < -0.3 is 0 Å². The average Bonchev–Trinajstić information content (AvgIpc) is 2.98. The molecule has 0 unspecified atom stereocenters. The van der Waals surface area contributed by atoms with E-state index in [4.69, 9.17) is 0 Å². The molecule has 0 saturated heterocycles. The van der Waals surface area contributed by atoms with Gasteiger partial charge >= 0.3 is 0 Å². The summed E-state index contributed by atoms with van der Waals surface area (Å²) >= 11 is 0. The maximum absolute atomic E-state index is 10.3. The van der Waals surface area contributed by atoms with Crippen LogP contribution in [0.5, 0.6) is 0 Å². The number of benzene rings is 1. The van der Waals surface area contributed by atoms with E-state index in [1.54, 1.807) is 6.08 Å². The molecule has 0 N–H and O–H groups in total. The second kappa shape index (κ2) is 3.61. The number of carbonyl (C=O) groups excluding carboxylic acids is 1. The molecule has 1 saturated carbocycles. The smallest absolute Gasteiger partial charge is 0.211 e. The number of isocyanates is 1. The van der Waals surface area contributed by atoms with E-state index >= 15 is 0 Å². The van der Waals surface area contributed by atoms with E-state index in [-0.39, 0.29) is 0 Å². The number of hydrogen-bond acceptors (Lipinski definition) is 5. The van der Waals surface area contributed by atoms with E-state index in [1.807, 2.05) is 30.3 Å². The van der Waals surface area contributed by atoms with Crippen LogP contribution in [0.4, 0.5) is 0 Å². The minimum atomic E-state index is -0.561. The van der Waals surface area contributed by atoms with Gasteiger partial charge in [0, 0.05) is 0 Å². The number of aromatic nitrogens is 4. The monoisotopic (exact) mass is 227 g/mol. The molecule has 0 radical (unpaired) electrons. The highest BCUT2D eigenvalue weighted by Crippen LogP contribution is 2.47. The first kappa shape index (κ1) is 9.86. The molecule has 1 aromatic heterocycles. The largest absolute Gasteiger partial charge is 0.235 e. The van der Waals surface area contributed by atoms with Crippen LogP contribution < -0.4 is 0 Å². The first-order valence-corrected chi connectivity index (χ1v) is 5.29. The molecule has 0 spiro atoms. The standard InChI is InChI=1S/C11H9N5O/c17-8-12-11(6-7-11)10-13-15-16(14-10)9-4-2-1-3-5-9/h1-5H,6-7H2. The summed E-state index contributed by atoms with van der Waals surface area (Å²) in [6, 6.07) is 9.48. The third-order valence-electron chi connectivity index (χ3n) is 2.80. The topological polar surface area (TPSA) is 73.0 Å². The van der Waals surface area contributed by atoms with Gasteiger partial charge in [0.25, 0.3) is 0 Å². The predicted molar refractivity (Wildman–Crippen MR) is 58.2 cm³/mol. The van der Waals surface area contributed by atoms with Gasteiger partial charge in [-0.1, -0.05) is 18.2 Å². The van der Waals surface area contributed by atoms with E-state index in [9.17, 15) is 4.79 Å². The molecule has 6 heteroatoms. The van der Waals surface area contributed by atoms with E-state index in [1.165, 1.54) is 4.80 Å². The minimum absolute atomic E-state index is 0.490. The number of rotatable bonds is 3. The summed E-state index contributed by atoms with van der Waals surface area (Å²) in [5, 5.41) is 12.2. The number of para-hydroxylation sites is 1. The van der Waals surface area contributed by atoms with Crippen molar-refractivity contribution in [2.45, 2.75) is 18.4 Å². The van der Waals surface area contributed by atoms with E-state index in [2.05, 4.69) is 20.4 Å². The lowest BCUT2D eigenvalue weighted by Crippen LogP contribution is -2.06. The van der Waals surface area contributed by atoms with Crippen molar-refractivity contribution in [2.75, 3.05) is 0 Å². The van der Waals surface area contributed by atoms with Gasteiger partial charge in [0.1, 0.15) is 5.54 Å². The molecule has 0 atom stereocenters. The quantitative estimate of drug-likeness (QED) is 0.579. The first-order valence-electron chi connectivity index (χ1n) is 5.29. The normalized spacial score (nSPS) is 16.2. The second-order valence-corrected chi connectivity index (χ2v) is 3.97. The number of nitrogens with zero attached hydrogens (tertiary/aromatic N) is 5. The molecule has 1 aliphatic carbocycles. The molecule has 1 fully saturated rings. The highest BCUT2D eigenvalue weighted by atomic mass is 16.1. The molecule has 0 aliphatic heterocycles. The van der Waals surface area contributed by atoms with Crippen molar-refractivity contribution in [1.82, 2.24) is 20.2 Å². The summed E-state index contributed by atoms with van der Waals surface area (Å²) in [6.07, 6.45) is 3.14. The SMILES string of the molecule is O=C=NC1(c2nnn(-c3ccccc3)n2)CC1. The third-order valence-corrected chi connectivity index (χ3v) is 2.80. The molecular formula is C11H9N5O. The van der Waals surface area contributed by atoms with Crippen molar-refractivity contribution < 1.29 is 4.79 Å². The predicted octanol–water partition coefficient (Wildman–Crippen LogP) is 0.987. The van der Waals surface area contributed by atoms with E-state index in [0.29, 0.717) is 5.82 Å². The highest BCUT2D eigenvalue weighted by Gasteiger charge is 2.49. The van der Waals surface area contributed by atoms with Gasteiger partial charge in [-0.05, 0) is 30.2 Å². The molecular weight excluding hydrogens is 218 g/mol. The van der Waals surface area contributed by atoms with Crippen LogP contribution >= 0.6 is 0 Å². The van der Waals surface area contributed by atoms with Crippen molar-refractivity contribution in [3.63, 3.8) is 0 Å². The lowest BCUT2D eigenvalue weighted by molar-refractivity contribution is 0.552. The lowest BCUT2D eigenvalue weighted by Gasteiger charge is -1.99. The molecule has 0 bridgehead atoms. The number of aliphatic imine (C=N–C) groups is 1. The Kier molecular flexibility index (Phi) is 2.09. The first-order chi connectivity index (χ1) is 8.34. The molecule has 84 valence electrons. The van der Waals surface area contributed by atoms with Gasteiger partial charge in [0.2, 0.25) is 11.9 Å². The van der Waals surface area contributed by atoms with E-state index < -0.39 is 5.54 Å². The van der Waals surface area contributed by atoms with Crippen LogP contribution in [-0.4, -0.2) is 26.3 Å². The molecule has 17 heavy (non-hydrogen) atoms. The van der Waals surface area contributed by atoms with Gasteiger partial charge in [-0.25, -0.2) is 4.79 Å². The van der Waals surface area contributed by atoms with Crippen LogP contribution in [0.15, 0.2) is 35.3 Å².